The van der Waals surface area contributed by atoms with E-state index in [0.717, 1.165) is 0 Å². The van der Waals surface area contributed by atoms with Crippen molar-refractivity contribution < 1.29 is 19.1 Å². The lowest BCUT2D eigenvalue weighted by molar-refractivity contribution is -0.133. The smallest absolute Gasteiger partial charge is 0.410 e. The van der Waals surface area contributed by atoms with E-state index < -0.39 is 12.1 Å². The Kier molecular flexibility index (Phi) is 6.02. The summed E-state index contributed by atoms with van der Waals surface area (Å²) in [7, 11) is 6.42. The quantitative estimate of drug-likeness (QED) is 0.832. The van der Waals surface area contributed by atoms with Gasteiger partial charge in [0.15, 0.2) is 0 Å². The summed E-state index contributed by atoms with van der Waals surface area (Å²) in [5.41, 5.74) is 0.699. The number of benzene rings is 1. The Morgan fingerprint density at radius 3 is 2.14 bits per heavy atom. The van der Waals surface area contributed by atoms with Crippen molar-refractivity contribution in [3.8, 4) is 5.75 Å². The van der Waals surface area contributed by atoms with Crippen molar-refractivity contribution in [1.82, 2.24) is 9.80 Å². The Balaban J connectivity index is 3.12. The predicted molar refractivity (Wildman–Crippen MR) is 79.2 cm³/mol. The molecule has 1 unspecified atom stereocenters. The van der Waals surface area contributed by atoms with Crippen molar-refractivity contribution in [2.24, 2.45) is 0 Å². The fraction of sp³-hybridized carbons (Fsp3) is 0.467. The number of carbonyl (C=O) groups is 2. The van der Waals surface area contributed by atoms with Gasteiger partial charge in [-0.15, -0.1) is 0 Å². The molecule has 6 nitrogen and oxygen atoms in total. The van der Waals surface area contributed by atoms with Crippen molar-refractivity contribution in [3.63, 3.8) is 0 Å². The van der Waals surface area contributed by atoms with E-state index >= 15 is 0 Å². The molecular formula is C15H22N2O4. The number of methoxy groups -OCH3 is 1. The number of hydrogen-bond acceptors (Lipinski definition) is 4. The maximum Gasteiger partial charge on any atom is 0.410 e. The second kappa shape index (κ2) is 7.52. The number of amides is 2. The highest BCUT2D eigenvalue weighted by Gasteiger charge is 2.30. The molecule has 0 N–H and O–H groups in total. The minimum absolute atomic E-state index is 0.198. The zero-order valence-corrected chi connectivity index (χ0v) is 13.1. The second-order valence-corrected chi connectivity index (χ2v) is 4.72. The Morgan fingerprint density at radius 2 is 1.71 bits per heavy atom. The highest BCUT2D eigenvalue weighted by Crippen LogP contribution is 2.24. The van der Waals surface area contributed by atoms with E-state index in [9.17, 15) is 9.59 Å². The van der Waals surface area contributed by atoms with Crippen molar-refractivity contribution in [3.05, 3.63) is 29.8 Å². The fourth-order valence-electron chi connectivity index (χ4n) is 1.89. The van der Waals surface area contributed by atoms with Crippen LogP contribution in [0.1, 0.15) is 18.5 Å². The molecule has 1 aromatic rings. The highest BCUT2D eigenvalue weighted by molar-refractivity contribution is 5.86. The molecule has 21 heavy (non-hydrogen) atoms. The molecule has 0 aliphatic rings. The molecule has 0 heterocycles. The molecule has 1 aromatic carbocycles. The van der Waals surface area contributed by atoms with Crippen molar-refractivity contribution in [2.75, 3.05) is 34.9 Å². The zero-order valence-electron chi connectivity index (χ0n) is 13.1. The first-order chi connectivity index (χ1) is 9.92. The molecule has 116 valence electrons. The summed E-state index contributed by atoms with van der Waals surface area (Å²) < 4.78 is 10.1. The minimum Gasteiger partial charge on any atom is -0.497 e. The standard InChI is InChI=1S/C15H22N2O4/c1-6-21-15(19)17(4)13(14(18)16(2)3)11-7-9-12(20-5)10-8-11/h7-10,13H,6H2,1-5H3. The molecule has 0 saturated carbocycles. The molecule has 0 aliphatic heterocycles. The normalized spacial score (nSPS) is 11.5. The molecule has 1 atom stereocenters. The second-order valence-electron chi connectivity index (χ2n) is 4.72. The van der Waals surface area contributed by atoms with Crippen LogP contribution in [0.3, 0.4) is 0 Å². The monoisotopic (exact) mass is 294 g/mol. The summed E-state index contributed by atoms with van der Waals surface area (Å²) in [5.74, 6) is 0.490. The Morgan fingerprint density at radius 1 is 1.14 bits per heavy atom. The molecule has 6 heteroatoms. The number of rotatable bonds is 5. The number of ether oxygens (including phenoxy) is 2. The molecule has 0 bridgehead atoms. The van der Waals surface area contributed by atoms with Crippen LogP contribution in [-0.4, -0.2) is 56.7 Å². The lowest BCUT2D eigenvalue weighted by atomic mass is 10.0. The first kappa shape index (κ1) is 16.8. The number of nitrogens with zero attached hydrogens (tertiary/aromatic N) is 2. The average molecular weight is 294 g/mol. The summed E-state index contributed by atoms with van der Waals surface area (Å²) in [6.07, 6.45) is -0.534. The molecule has 2 amide bonds. The summed E-state index contributed by atoms with van der Waals surface area (Å²) in [5, 5.41) is 0. The highest BCUT2D eigenvalue weighted by atomic mass is 16.6. The van der Waals surface area contributed by atoms with Gasteiger partial charge in [-0.05, 0) is 24.6 Å². The number of carbonyl (C=O) groups excluding carboxylic acids is 2. The van der Waals surface area contributed by atoms with Crippen LogP contribution in [0.2, 0.25) is 0 Å². The SMILES string of the molecule is CCOC(=O)N(C)C(C(=O)N(C)C)c1ccc(OC)cc1. The van der Waals surface area contributed by atoms with Crippen LogP contribution in [0, 0.1) is 0 Å². The molecule has 0 saturated heterocycles. The molecule has 0 aromatic heterocycles. The van der Waals surface area contributed by atoms with Crippen LogP contribution in [0.15, 0.2) is 24.3 Å². The minimum atomic E-state index is -0.732. The van der Waals surface area contributed by atoms with E-state index in [-0.39, 0.29) is 12.5 Å². The van der Waals surface area contributed by atoms with Crippen LogP contribution in [0.5, 0.6) is 5.75 Å². The van der Waals surface area contributed by atoms with Gasteiger partial charge in [0.1, 0.15) is 11.8 Å². The fourth-order valence-corrected chi connectivity index (χ4v) is 1.89. The predicted octanol–water partition coefficient (Wildman–Crippen LogP) is 1.91. The van der Waals surface area contributed by atoms with Gasteiger partial charge < -0.3 is 14.4 Å². The van der Waals surface area contributed by atoms with Gasteiger partial charge in [-0.2, -0.15) is 0 Å². The molecule has 0 fully saturated rings. The maximum absolute atomic E-state index is 12.4. The summed E-state index contributed by atoms with van der Waals surface area (Å²) >= 11 is 0. The van der Waals surface area contributed by atoms with E-state index in [2.05, 4.69) is 0 Å². The van der Waals surface area contributed by atoms with Gasteiger partial charge in [-0.3, -0.25) is 9.69 Å². The van der Waals surface area contributed by atoms with Gasteiger partial charge in [-0.1, -0.05) is 12.1 Å². The third-order valence-electron chi connectivity index (χ3n) is 3.05. The lowest BCUT2D eigenvalue weighted by Crippen LogP contribution is -2.41. The first-order valence-electron chi connectivity index (χ1n) is 6.67. The van der Waals surface area contributed by atoms with Gasteiger partial charge in [0.25, 0.3) is 0 Å². The summed E-state index contributed by atoms with van der Waals surface area (Å²) in [6, 6.07) is 6.31. The van der Waals surface area contributed by atoms with Gasteiger partial charge in [-0.25, -0.2) is 4.79 Å². The molecule has 0 spiro atoms. The summed E-state index contributed by atoms with van der Waals surface area (Å²) in [6.45, 7) is 1.98. The number of likely N-dealkylation sites (N-methyl/N-ethyl adjacent to an activating group) is 2. The zero-order chi connectivity index (χ0) is 16.0. The third kappa shape index (κ3) is 4.11. The van der Waals surface area contributed by atoms with Crippen LogP contribution in [0.25, 0.3) is 0 Å². The van der Waals surface area contributed by atoms with Crippen molar-refractivity contribution in [2.45, 2.75) is 13.0 Å². The van der Waals surface area contributed by atoms with E-state index in [1.54, 1.807) is 59.4 Å². The van der Waals surface area contributed by atoms with E-state index in [0.29, 0.717) is 11.3 Å². The van der Waals surface area contributed by atoms with Crippen LogP contribution in [0.4, 0.5) is 4.79 Å². The molecular weight excluding hydrogens is 272 g/mol. The third-order valence-corrected chi connectivity index (χ3v) is 3.05. The summed E-state index contributed by atoms with van der Waals surface area (Å²) in [4.78, 5) is 27.1. The Labute approximate surface area is 125 Å². The largest absolute Gasteiger partial charge is 0.497 e. The molecule has 1 rings (SSSR count). The van der Waals surface area contributed by atoms with Gasteiger partial charge >= 0.3 is 6.09 Å². The van der Waals surface area contributed by atoms with Crippen LogP contribution in [-0.2, 0) is 9.53 Å². The number of hydrogen-bond donors (Lipinski definition) is 0. The lowest BCUT2D eigenvalue weighted by Gasteiger charge is -2.29. The van der Waals surface area contributed by atoms with E-state index in [1.165, 1.54) is 9.80 Å². The van der Waals surface area contributed by atoms with Crippen molar-refractivity contribution >= 4 is 12.0 Å². The van der Waals surface area contributed by atoms with Crippen LogP contribution >= 0.6 is 0 Å². The average Bonchev–Trinajstić information content (AvgIpc) is 2.48. The van der Waals surface area contributed by atoms with Gasteiger partial charge in [0, 0.05) is 21.1 Å². The van der Waals surface area contributed by atoms with Crippen LogP contribution < -0.4 is 4.74 Å². The van der Waals surface area contributed by atoms with Crippen molar-refractivity contribution in [1.29, 1.82) is 0 Å². The van der Waals surface area contributed by atoms with Gasteiger partial charge in [0.05, 0.1) is 13.7 Å². The Hall–Kier alpha value is -2.24. The Bertz CT molecular complexity index is 485. The van der Waals surface area contributed by atoms with E-state index in [4.69, 9.17) is 9.47 Å². The van der Waals surface area contributed by atoms with E-state index in [1.807, 2.05) is 0 Å². The molecule has 0 radical (unpaired) electrons. The topological polar surface area (TPSA) is 59.1 Å². The molecule has 0 aliphatic carbocycles. The maximum atomic E-state index is 12.4. The first-order valence-corrected chi connectivity index (χ1v) is 6.67. The van der Waals surface area contributed by atoms with Gasteiger partial charge in [0.2, 0.25) is 5.91 Å².